The van der Waals surface area contributed by atoms with E-state index in [4.69, 9.17) is 4.74 Å². The molecule has 6 heteroatoms. The minimum absolute atomic E-state index is 0.0165. The maximum atomic E-state index is 14.0. The van der Waals surface area contributed by atoms with Crippen molar-refractivity contribution in [1.29, 1.82) is 0 Å². The zero-order valence-corrected chi connectivity index (χ0v) is 11.2. The Kier molecular flexibility index (Phi) is 3.45. The average molecular weight is 268 g/mol. The van der Waals surface area contributed by atoms with Crippen molar-refractivity contribution in [2.75, 3.05) is 18.1 Å². The molecule has 1 aromatic rings. The predicted octanol–water partition coefficient (Wildman–Crippen LogP) is 2.74. The fraction of sp³-hybridized carbons (Fsp3) is 0.538. The van der Waals surface area contributed by atoms with Gasteiger partial charge in [-0.15, -0.1) is 0 Å². The highest BCUT2D eigenvalue weighted by molar-refractivity contribution is 5.53. The molecule has 0 aliphatic carbocycles. The zero-order chi connectivity index (χ0) is 14.2. The highest BCUT2D eigenvalue weighted by atomic mass is 19.1. The molecular formula is C13H17FN2O3. The first-order valence-corrected chi connectivity index (χ1v) is 6.17. The fourth-order valence-electron chi connectivity index (χ4n) is 2.27. The lowest BCUT2D eigenvalue weighted by Gasteiger charge is -2.45. The summed E-state index contributed by atoms with van der Waals surface area (Å²) in [5, 5.41) is 10.6. The molecule has 1 aromatic carbocycles. The van der Waals surface area contributed by atoms with Crippen LogP contribution in [0.2, 0.25) is 0 Å². The van der Waals surface area contributed by atoms with Gasteiger partial charge in [-0.3, -0.25) is 10.1 Å². The third kappa shape index (κ3) is 2.53. The zero-order valence-electron chi connectivity index (χ0n) is 11.2. The standard InChI is InChI=1S/C13H17FN2O3/c1-9-13(2,3)19-7-6-15(9)12-5-4-10(16(17)18)8-11(12)14/h4-5,8-9H,6-7H2,1-3H3. The number of nitro groups is 1. The summed E-state index contributed by atoms with van der Waals surface area (Å²) in [6.07, 6.45) is 0. The predicted molar refractivity (Wildman–Crippen MR) is 69.9 cm³/mol. The number of non-ortho nitro benzene ring substituents is 1. The Morgan fingerprint density at radius 1 is 1.53 bits per heavy atom. The van der Waals surface area contributed by atoms with Crippen LogP contribution in [0.15, 0.2) is 18.2 Å². The lowest BCUT2D eigenvalue weighted by Crippen LogP contribution is -2.55. The molecular weight excluding hydrogens is 251 g/mol. The van der Waals surface area contributed by atoms with Gasteiger partial charge in [0.1, 0.15) is 0 Å². The van der Waals surface area contributed by atoms with E-state index in [0.717, 1.165) is 6.07 Å². The average Bonchev–Trinajstić information content (AvgIpc) is 2.33. The first-order valence-electron chi connectivity index (χ1n) is 6.17. The number of nitro benzene ring substituents is 1. The van der Waals surface area contributed by atoms with Crippen molar-refractivity contribution < 1.29 is 14.1 Å². The van der Waals surface area contributed by atoms with Gasteiger partial charge in [0, 0.05) is 12.6 Å². The SMILES string of the molecule is CC1N(c2ccc([N+](=O)[O-])cc2F)CCOC1(C)C. The van der Waals surface area contributed by atoms with Crippen LogP contribution >= 0.6 is 0 Å². The van der Waals surface area contributed by atoms with Crippen LogP contribution in [0.3, 0.4) is 0 Å². The van der Waals surface area contributed by atoms with Gasteiger partial charge in [-0.05, 0) is 26.8 Å². The second-order valence-electron chi connectivity index (χ2n) is 5.21. The van der Waals surface area contributed by atoms with E-state index < -0.39 is 10.7 Å². The second-order valence-corrected chi connectivity index (χ2v) is 5.21. The molecule has 1 atom stereocenters. The van der Waals surface area contributed by atoms with Gasteiger partial charge in [-0.2, -0.15) is 0 Å². The molecule has 104 valence electrons. The van der Waals surface area contributed by atoms with Crippen LogP contribution < -0.4 is 4.90 Å². The molecule has 1 unspecified atom stereocenters. The number of hydrogen-bond donors (Lipinski definition) is 0. The molecule has 0 N–H and O–H groups in total. The third-order valence-electron chi connectivity index (χ3n) is 3.73. The van der Waals surface area contributed by atoms with Crippen LogP contribution in [-0.2, 0) is 4.74 Å². The molecule has 0 bridgehead atoms. The van der Waals surface area contributed by atoms with Crippen LogP contribution in [0.25, 0.3) is 0 Å². The largest absolute Gasteiger partial charge is 0.372 e. The van der Waals surface area contributed by atoms with E-state index >= 15 is 0 Å². The van der Waals surface area contributed by atoms with Crippen LogP contribution in [-0.4, -0.2) is 29.7 Å². The Labute approximate surface area is 111 Å². The number of morpholine rings is 1. The lowest BCUT2D eigenvalue weighted by molar-refractivity contribution is -0.385. The van der Waals surface area contributed by atoms with E-state index in [1.165, 1.54) is 12.1 Å². The summed E-state index contributed by atoms with van der Waals surface area (Å²) in [5.41, 5.74) is -0.233. The molecule has 0 aromatic heterocycles. The molecule has 0 amide bonds. The number of nitrogens with zero attached hydrogens (tertiary/aromatic N) is 2. The van der Waals surface area contributed by atoms with Gasteiger partial charge in [0.25, 0.3) is 5.69 Å². The summed E-state index contributed by atoms with van der Waals surface area (Å²) < 4.78 is 19.7. The number of benzene rings is 1. The van der Waals surface area contributed by atoms with E-state index in [1.54, 1.807) is 0 Å². The molecule has 0 radical (unpaired) electrons. The third-order valence-corrected chi connectivity index (χ3v) is 3.73. The van der Waals surface area contributed by atoms with Gasteiger partial charge in [0.2, 0.25) is 0 Å². The summed E-state index contributed by atoms with van der Waals surface area (Å²) in [4.78, 5) is 11.9. The minimum atomic E-state index is -0.598. The van der Waals surface area contributed by atoms with E-state index in [-0.39, 0.29) is 17.3 Å². The van der Waals surface area contributed by atoms with E-state index in [2.05, 4.69) is 0 Å². The van der Waals surface area contributed by atoms with Gasteiger partial charge >= 0.3 is 0 Å². The Morgan fingerprint density at radius 3 is 2.79 bits per heavy atom. The van der Waals surface area contributed by atoms with Crippen LogP contribution in [0.1, 0.15) is 20.8 Å². The van der Waals surface area contributed by atoms with E-state index in [1.807, 2.05) is 25.7 Å². The minimum Gasteiger partial charge on any atom is -0.372 e. The topological polar surface area (TPSA) is 55.6 Å². The number of anilines is 1. The molecule has 2 rings (SSSR count). The Hall–Kier alpha value is -1.69. The first-order chi connectivity index (χ1) is 8.83. The van der Waals surface area contributed by atoms with Crippen molar-refractivity contribution in [1.82, 2.24) is 0 Å². The number of hydrogen-bond acceptors (Lipinski definition) is 4. The van der Waals surface area contributed by atoms with E-state index in [0.29, 0.717) is 18.8 Å². The van der Waals surface area contributed by atoms with Gasteiger partial charge in [-0.25, -0.2) is 4.39 Å². The van der Waals surface area contributed by atoms with Gasteiger partial charge in [-0.1, -0.05) is 0 Å². The summed E-state index contributed by atoms with van der Waals surface area (Å²) in [6.45, 7) is 6.94. The maximum absolute atomic E-state index is 14.0. The van der Waals surface area contributed by atoms with Crippen molar-refractivity contribution in [3.63, 3.8) is 0 Å². The van der Waals surface area contributed by atoms with Gasteiger partial charge in [0.05, 0.1) is 34.9 Å². The Balaban J connectivity index is 2.34. The molecule has 0 spiro atoms. The summed E-state index contributed by atoms with van der Waals surface area (Å²) >= 11 is 0. The molecule has 1 aliphatic heterocycles. The summed E-state index contributed by atoms with van der Waals surface area (Å²) in [5.74, 6) is -0.571. The first kappa shape index (κ1) is 13.7. The summed E-state index contributed by atoms with van der Waals surface area (Å²) in [7, 11) is 0. The lowest BCUT2D eigenvalue weighted by atomic mass is 9.96. The maximum Gasteiger partial charge on any atom is 0.272 e. The smallest absolute Gasteiger partial charge is 0.272 e. The highest BCUT2D eigenvalue weighted by Gasteiger charge is 2.36. The molecule has 5 nitrogen and oxygen atoms in total. The van der Waals surface area contributed by atoms with E-state index in [9.17, 15) is 14.5 Å². The number of halogens is 1. The Bertz CT molecular complexity index is 505. The quantitative estimate of drug-likeness (QED) is 0.611. The van der Waals surface area contributed by atoms with Crippen LogP contribution in [0, 0.1) is 15.9 Å². The molecule has 1 heterocycles. The van der Waals surface area contributed by atoms with Gasteiger partial charge in [0.15, 0.2) is 5.82 Å². The highest BCUT2D eigenvalue weighted by Crippen LogP contribution is 2.32. The molecule has 1 fully saturated rings. The fourth-order valence-corrected chi connectivity index (χ4v) is 2.27. The second kappa shape index (κ2) is 4.77. The monoisotopic (exact) mass is 268 g/mol. The number of rotatable bonds is 2. The molecule has 0 saturated carbocycles. The Morgan fingerprint density at radius 2 is 2.21 bits per heavy atom. The number of ether oxygens (including phenoxy) is 1. The molecule has 1 saturated heterocycles. The van der Waals surface area contributed by atoms with Crippen LogP contribution in [0.4, 0.5) is 15.8 Å². The van der Waals surface area contributed by atoms with Crippen molar-refractivity contribution in [3.05, 3.63) is 34.1 Å². The van der Waals surface area contributed by atoms with Crippen LogP contribution in [0.5, 0.6) is 0 Å². The molecule has 1 aliphatic rings. The summed E-state index contributed by atoms with van der Waals surface area (Å²) in [6, 6.07) is 3.74. The van der Waals surface area contributed by atoms with Crippen molar-refractivity contribution in [3.8, 4) is 0 Å². The van der Waals surface area contributed by atoms with Crippen molar-refractivity contribution in [2.24, 2.45) is 0 Å². The van der Waals surface area contributed by atoms with Gasteiger partial charge < -0.3 is 9.64 Å². The van der Waals surface area contributed by atoms with Crippen molar-refractivity contribution in [2.45, 2.75) is 32.4 Å². The normalized spacial score (nSPS) is 22.3. The van der Waals surface area contributed by atoms with Crippen molar-refractivity contribution >= 4 is 11.4 Å². The molecule has 19 heavy (non-hydrogen) atoms.